The van der Waals surface area contributed by atoms with E-state index in [1.165, 1.54) is 9.70 Å². The number of anilines is 1. The zero-order valence-electron chi connectivity index (χ0n) is 19.7. The third-order valence-electron chi connectivity index (χ3n) is 5.24. The molecule has 1 aromatic heterocycles. The number of ether oxygens (including phenoxy) is 1. The number of benzene rings is 2. The summed E-state index contributed by atoms with van der Waals surface area (Å²) in [6.45, 7) is 6.23. The lowest BCUT2D eigenvalue weighted by atomic mass is 10.1. The third-order valence-corrected chi connectivity index (χ3v) is 5.49. The van der Waals surface area contributed by atoms with Gasteiger partial charge >= 0.3 is 0 Å². The first-order chi connectivity index (χ1) is 16.3. The minimum Gasteiger partial charge on any atom is -0.497 e. The van der Waals surface area contributed by atoms with Crippen LogP contribution in [0.15, 0.2) is 48.5 Å². The molecule has 2 amide bonds. The fourth-order valence-corrected chi connectivity index (χ4v) is 3.42. The van der Waals surface area contributed by atoms with Crippen LogP contribution in [0.4, 0.5) is 5.69 Å². The van der Waals surface area contributed by atoms with E-state index in [2.05, 4.69) is 34.6 Å². The van der Waals surface area contributed by atoms with Gasteiger partial charge in [0, 0.05) is 22.8 Å². The van der Waals surface area contributed by atoms with Gasteiger partial charge in [-0.25, -0.2) is 0 Å². The minimum atomic E-state index is -0.743. The van der Waals surface area contributed by atoms with Crippen LogP contribution >= 0.6 is 11.6 Å². The molecule has 1 unspecified atom stereocenters. The van der Waals surface area contributed by atoms with Crippen LogP contribution in [0.3, 0.4) is 0 Å². The van der Waals surface area contributed by atoms with Crippen LogP contribution in [0, 0.1) is 5.92 Å². The highest BCUT2D eigenvalue weighted by molar-refractivity contribution is 6.30. The van der Waals surface area contributed by atoms with E-state index in [0.29, 0.717) is 34.7 Å². The highest BCUT2D eigenvalue weighted by Crippen LogP contribution is 2.22. The topological polar surface area (TPSA) is 102 Å². The molecule has 0 bridgehead atoms. The molecule has 3 aromatic rings. The van der Waals surface area contributed by atoms with Crippen LogP contribution in [-0.4, -0.2) is 51.7 Å². The number of nitrogens with zero attached hydrogens (tertiary/aromatic N) is 5. The molecule has 10 heteroatoms. The van der Waals surface area contributed by atoms with Crippen molar-refractivity contribution in [2.75, 3.05) is 18.6 Å². The predicted molar refractivity (Wildman–Crippen MR) is 131 cm³/mol. The first-order valence-electron chi connectivity index (χ1n) is 11.1. The molecule has 0 fully saturated rings. The molecular formula is C24H29ClN6O3. The summed E-state index contributed by atoms with van der Waals surface area (Å²) in [5.74, 6) is 0.897. The molecule has 1 atom stereocenters. The number of carbonyl (C=O) groups excluding carboxylic acids is 2. The number of rotatable bonds is 10. The van der Waals surface area contributed by atoms with Gasteiger partial charge < -0.3 is 10.1 Å². The molecule has 9 nitrogen and oxygen atoms in total. The van der Waals surface area contributed by atoms with Gasteiger partial charge in [0.25, 0.3) is 5.91 Å². The predicted octanol–water partition coefficient (Wildman–Crippen LogP) is 3.59. The number of nitrogens with one attached hydrogen (secondary N) is 1. The van der Waals surface area contributed by atoms with Crippen LogP contribution in [0.1, 0.15) is 27.2 Å². The second kappa shape index (κ2) is 11.6. The lowest BCUT2D eigenvalue weighted by Gasteiger charge is -2.28. The zero-order valence-corrected chi connectivity index (χ0v) is 20.5. The van der Waals surface area contributed by atoms with E-state index in [-0.39, 0.29) is 18.4 Å². The quantitative estimate of drug-likeness (QED) is 0.472. The van der Waals surface area contributed by atoms with Gasteiger partial charge in [-0.05, 0) is 73.0 Å². The van der Waals surface area contributed by atoms with E-state index in [4.69, 9.17) is 16.3 Å². The monoisotopic (exact) mass is 484 g/mol. The van der Waals surface area contributed by atoms with Gasteiger partial charge in [0.05, 0.1) is 7.11 Å². The molecule has 1 N–H and O–H groups in total. The molecule has 0 aliphatic carbocycles. The van der Waals surface area contributed by atoms with Gasteiger partial charge in [-0.15, -0.1) is 10.2 Å². The molecule has 0 aliphatic heterocycles. The summed E-state index contributed by atoms with van der Waals surface area (Å²) in [6.07, 6.45) is 0.852. The summed E-state index contributed by atoms with van der Waals surface area (Å²) in [7, 11) is 1.57. The van der Waals surface area contributed by atoms with E-state index in [1.54, 1.807) is 62.6 Å². The molecule has 34 heavy (non-hydrogen) atoms. The van der Waals surface area contributed by atoms with Gasteiger partial charge in [-0.1, -0.05) is 25.4 Å². The Balaban J connectivity index is 1.80. The van der Waals surface area contributed by atoms with Crippen molar-refractivity contribution in [2.45, 2.75) is 39.8 Å². The Hall–Kier alpha value is -3.46. The Morgan fingerprint density at radius 1 is 1.09 bits per heavy atom. The van der Waals surface area contributed by atoms with Crippen molar-refractivity contribution in [2.24, 2.45) is 5.92 Å². The summed E-state index contributed by atoms with van der Waals surface area (Å²) in [5, 5.41) is 15.9. The first-order valence-corrected chi connectivity index (χ1v) is 11.4. The van der Waals surface area contributed by atoms with Crippen LogP contribution in [0.25, 0.3) is 11.4 Å². The normalized spacial score (nSPS) is 11.8. The highest BCUT2D eigenvalue weighted by atomic mass is 35.5. The summed E-state index contributed by atoms with van der Waals surface area (Å²) < 4.78 is 5.22. The van der Waals surface area contributed by atoms with Gasteiger partial charge in [-0.2, -0.15) is 4.80 Å². The zero-order chi connectivity index (χ0) is 24.7. The fraction of sp³-hybridized carbons (Fsp3) is 0.375. The number of hydrogen-bond donors (Lipinski definition) is 1. The largest absolute Gasteiger partial charge is 0.497 e. The number of hydrogen-bond acceptors (Lipinski definition) is 6. The van der Waals surface area contributed by atoms with Crippen LogP contribution < -0.4 is 15.0 Å². The van der Waals surface area contributed by atoms with Crippen molar-refractivity contribution < 1.29 is 14.3 Å². The lowest BCUT2D eigenvalue weighted by molar-refractivity contribution is -0.126. The summed E-state index contributed by atoms with van der Waals surface area (Å²) in [5.41, 5.74) is 1.29. The van der Waals surface area contributed by atoms with Crippen molar-refractivity contribution in [3.63, 3.8) is 0 Å². The Kier molecular flexibility index (Phi) is 8.59. The van der Waals surface area contributed by atoms with Crippen LogP contribution in [-0.2, 0) is 16.1 Å². The number of carbonyl (C=O) groups is 2. The van der Waals surface area contributed by atoms with Gasteiger partial charge in [0.15, 0.2) is 0 Å². The molecule has 0 saturated carbocycles. The number of aromatic nitrogens is 4. The van der Waals surface area contributed by atoms with E-state index in [9.17, 15) is 9.59 Å². The van der Waals surface area contributed by atoms with E-state index < -0.39 is 6.04 Å². The number of amides is 2. The summed E-state index contributed by atoms with van der Waals surface area (Å²) in [6, 6.07) is 13.2. The summed E-state index contributed by atoms with van der Waals surface area (Å²) >= 11 is 5.94. The number of methoxy groups -OCH3 is 1. The third kappa shape index (κ3) is 6.54. The summed E-state index contributed by atoms with van der Waals surface area (Å²) in [4.78, 5) is 28.9. The van der Waals surface area contributed by atoms with Crippen molar-refractivity contribution in [3.8, 4) is 17.1 Å². The average Bonchev–Trinajstić information content (AvgIpc) is 3.28. The van der Waals surface area contributed by atoms with E-state index >= 15 is 0 Å². The second-order valence-electron chi connectivity index (χ2n) is 8.26. The molecular weight excluding hydrogens is 456 g/mol. The van der Waals surface area contributed by atoms with Crippen molar-refractivity contribution in [1.82, 2.24) is 25.5 Å². The standard InChI is InChI=1S/C24H29ClN6O3/c1-16(2)13-14-26-24(33)17(3)31(20-9-11-21(34-4)12-10-20)22(32)15-30-28-23(27-29-30)18-5-7-19(25)8-6-18/h5-12,16-17H,13-15H2,1-4H3,(H,26,33). The lowest BCUT2D eigenvalue weighted by Crippen LogP contribution is -2.49. The van der Waals surface area contributed by atoms with Crippen LogP contribution in [0.5, 0.6) is 5.75 Å². The van der Waals surface area contributed by atoms with Gasteiger partial charge in [-0.3, -0.25) is 14.5 Å². The maximum Gasteiger partial charge on any atom is 0.251 e. The maximum atomic E-state index is 13.4. The molecule has 0 saturated heterocycles. The maximum absolute atomic E-state index is 13.4. The Morgan fingerprint density at radius 3 is 2.38 bits per heavy atom. The molecule has 2 aromatic carbocycles. The second-order valence-corrected chi connectivity index (χ2v) is 8.70. The Bertz CT molecular complexity index is 1100. The molecule has 0 radical (unpaired) electrons. The minimum absolute atomic E-state index is 0.184. The molecule has 0 spiro atoms. The van der Waals surface area contributed by atoms with Crippen LogP contribution in [0.2, 0.25) is 5.02 Å². The molecule has 3 rings (SSSR count). The van der Waals surface area contributed by atoms with Gasteiger partial charge in [0.1, 0.15) is 18.3 Å². The average molecular weight is 485 g/mol. The van der Waals surface area contributed by atoms with Crippen molar-refractivity contribution in [1.29, 1.82) is 0 Å². The van der Waals surface area contributed by atoms with Gasteiger partial charge in [0.2, 0.25) is 11.7 Å². The van der Waals surface area contributed by atoms with Crippen molar-refractivity contribution >= 4 is 29.1 Å². The highest BCUT2D eigenvalue weighted by Gasteiger charge is 2.28. The molecule has 180 valence electrons. The Labute approximate surface area is 204 Å². The van der Waals surface area contributed by atoms with E-state index in [1.807, 2.05) is 0 Å². The van der Waals surface area contributed by atoms with Crippen molar-refractivity contribution in [3.05, 3.63) is 53.6 Å². The smallest absolute Gasteiger partial charge is 0.251 e. The SMILES string of the molecule is COc1ccc(N(C(=O)Cn2nnc(-c3ccc(Cl)cc3)n2)C(C)C(=O)NCCC(C)C)cc1. The fourth-order valence-electron chi connectivity index (χ4n) is 3.30. The number of halogens is 1. The number of tetrazole rings is 1. The molecule has 1 heterocycles. The Morgan fingerprint density at radius 2 is 1.76 bits per heavy atom. The first kappa shape index (κ1) is 25.2. The van der Waals surface area contributed by atoms with E-state index in [0.717, 1.165) is 12.0 Å². The molecule has 0 aliphatic rings.